The Bertz CT molecular complexity index is 2870. The number of anilines is 3. The van der Waals surface area contributed by atoms with Gasteiger partial charge in [0.1, 0.15) is 11.2 Å². The van der Waals surface area contributed by atoms with Crippen LogP contribution in [0.2, 0.25) is 0 Å². The summed E-state index contributed by atoms with van der Waals surface area (Å²) in [6.45, 7) is 0. The SMILES string of the molecule is c1ccc(-c2ccc(N(c3cccc4ccc5c6ccccc6ccc5c34)c3cccc4oc5ccccc5c34)cc2-c2ccccc2)cc1. The van der Waals surface area contributed by atoms with Crippen LogP contribution in [0, 0.1) is 0 Å². The minimum absolute atomic E-state index is 0.869. The molecule has 0 atom stereocenters. The van der Waals surface area contributed by atoms with Gasteiger partial charge in [0.05, 0.1) is 16.8 Å². The molecule has 0 fully saturated rings. The van der Waals surface area contributed by atoms with E-state index < -0.39 is 0 Å². The Hall–Kier alpha value is -6.64. The minimum atomic E-state index is 0.869. The summed E-state index contributed by atoms with van der Waals surface area (Å²) < 4.78 is 6.46. The van der Waals surface area contributed by atoms with Gasteiger partial charge < -0.3 is 9.32 Å². The van der Waals surface area contributed by atoms with Crippen molar-refractivity contribution in [2.75, 3.05) is 4.90 Å². The van der Waals surface area contributed by atoms with Crippen molar-refractivity contribution in [1.29, 1.82) is 0 Å². The lowest BCUT2D eigenvalue weighted by Gasteiger charge is -2.29. The molecule has 0 amide bonds. The molecule has 0 N–H and O–H groups in total. The number of para-hydroxylation sites is 1. The largest absolute Gasteiger partial charge is 0.456 e. The van der Waals surface area contributed by atoms with Crippen LogP contribution >= 0.6 is 0 Å². The Balaban J connectivity index is 1.33. The van der Waals surface area contributed by atoms with Crippen LogP contribution in [0.5, 0.6) is 0 Å². The van der Waals surface area contributed by atoms with Gasteiger partial charge in [0.25, 0.3) is 0 Å². The average molecular weight is 638 g/mol. The highest BCUT2D eigenvalue weighted by atomic mass is 16.3. The second kappa shape index (κ2) is 11.5. The number of furan rings is 1. The van der Waals surface area contributed by atoms with Crippen molar-refractivity contribution in [1.82, 2.24) is 0 Å². The predicted octanol–water partition coefficient (Wildman–Crippen LogP) is 13.8. The van der Waals surface area contributed by atoms with Crippen LogP contribution < -0.4 is 4.90 Å². The van der Waals surface area contributed by atoms with E-state index in [0.29, 0.717) is 0 Å². The maximum absolute atomic E-state index is 6.46. The maximum Gasteiger partial charge on any atom is 0.137 e. The van der Waals surface area contributed by atoms with Gasteiger partial charge in [-0.05, 0) is 85.6 Å². The third kappa shape index (κ3) is 4.50. The summed E-state index contributed by atoms with van der Waals surface area (Å²) in [4.78, 5) is 2.45. The number of benzene rings is 9. The van der Waals surface area contributed by atoms with E-state index >= 15 is 0 Å². The van der Waals surface area contributed by atoms with Gasteiger partial charge >= 0.3 is 0 Å². The first kappa shape index (κ1) is 28.4. The molecule has 9 aromatic carbocycles. The normalized spacial score (nSPS) is 11.6. The van der Waals surface area contributed by atoms with E-state index in [4.69, 9.17) is 4.42 Å². The first-order valence-corrected chi connectivity index (χ1v) is 17.1. The van der Waals surface area contributed by atoms with Gasteiger partial charge in [0.15, 0.2) is 0 Å². The molecule has 10 rings (SSSR count). The zero-order valence-corrected chi connectivity index (χ0v) is 27.3. The van der Waals surface area contributed by atoms with Crippen molar-refractivity contribution in [3.63, 3.8) is 0 Å². The summed E-state index contributed by atoms with van der Waals surface area (Å²) >= 11 is 0. The molecule has 0 unspecified atom stereocenters. The van der Waals surface area contributed by atoms with Gasteiger partial charge in [0.2, 0.25) is 0 Å². The van der Waals surface area contributed by atoms with Gasteiger partial charge in [-0.1, -0.05) is 152 Å². The van der Waals surface area contributed by atoms with Crippen LogP contribution in [0.25, 0.3) is 76.5 Å². The van der Waals surface area contributed by atoms with Crippen LogP contribution in [-0.4, -0.2) is 0 Å². The van der Waals surface area contributed by atoms with E-state index in [-0.39, 0.29) is 0 Å². The molecule has 2 heteroatoms. The number of rotatable bonds is 5. The van der Waals surface area contributed by atoms with Gasteiger partial charge in [-0.2, -0.15) is 0 Å². The maximum atomic E-state index is 6.46. The molecule has 0 spiro atoms. The Labute approximate surface area is 290 Å². The molecule has 0 saturated carbocycles. The molecule has 1 heterocycles. The summed E-state index contributed by atoms with van der Waals surface area (Å²) in [6.07, 6.45) is 0. The second-order valence-corrected chi connectivity index (χ2v) is 12.9. The Kier molecular flexibility index (Phi) is 6.53. The molecule has 0 radical (unpaired) electrons. The van der Waals surface area contributed by atoms with E-state index in [2.05, 4.69) is 187 Å². The number of hydrogen-bond acceptors (Lipinski definition) is 2. The van der Waals surface area contributed by atoms with Crippen molar-refractivity contribution in [2.45, 2.75) is 0 Å². The smallest absolute Gasteiger partial charge is 0.137 e. The molecule has 0 saturated heterocycles. The van der Waals surface area contributed by atoms with E-state index in [0.717, 1.165) is 39.0 Å². The Morgan fingerprint density at radius 2 is 0.940 bits per heavy atom. The van der Waals surface area contributed by atoms with Crippen LogP contribution in [0.1, 0.15) is 0 Å². The van der Waals surface area contributed by atoms with Crippen molar-refractivity contribution in [2.24, 2.45) is 0 Å². The van der Waals surface area contributed by atoms with E-state index in [1.807, 2.05) is 6.07 Å². The minimum Gasteiger partial charge on any atom is -0.456 e. The fraction of sp³-hybridized carbons (Fsp3) is 0. The summed E-state index contributed by atoms with van der Waals surface area (Å²) in [5.74, 6) is 0. The third-order valence-electron chi connectivity index (χ3n) is 10.0. The molecule has 0 aliphatic rings. The van der Waals surface area contributed by atoms with Crippen LogP contribution in [-0.2, 0) is 0 Å². The number of nitrogens with zero attached hydrogens (tertiary/aromatic N) is 1. The van der Waals surface area contributed by atoms with Gasteiger partial charge in [-0.25, -0.2) is 0 Å². The van der Waals surface area contributed by atoms with Gasteiger partial charge in [0, 0.05) is 16.5 Å². The monoisotopic (exact) mass is 637 g/mol. The zero-order valence-electron chi connectivity index (χ0n) is 27.3. The van der Waals surface area contributed by atoms with Crippen LogP contribution in [0.3, 0.4) is 0 Å². The molecule has 1 aromatic heterocycles. The van der Waals surface area contributed by atoms with Crippen LogP contribution in [0.4, 0.5) is 17.1 Å². The highest BCUT2D eigenvalue weighted by molar-refractivity contribution is 6.22. The Morgan fingerprint density at radius 1 is 0.340 bits per heavy atom. The molecule has 50 heavy (non-hydrogen) atoms. The van der Waals surface area contributed by atoms with Crippen molar-refractivity contribution in [3.8, 4) is 22.3 Å². The van der Waals surface area contributed by atoms with E-state index in [1.165, 1.54) is 54.6 Å². The van der Waals surface area contributed by atoms with E-state index in [9.17, 15) is 0 Å². The Morgan fingerprint density at radius 3 is 1.76 bits per heavy atom. The fourth-order valence-corrected chi connectivity index (χ4v) is 7.79. The molecule has 10 aromatic rings. The topological polar surface area (TPSA) is 16.4 Å². The predicted molar refractivity (Wildman–Crippen MR) is 212 cm³/mol. The quantitative estimate of drug-likeness (QED) is 0.175. The summed E-state index contributed by atoms with van der Waals surface area (Å²) in [7, 11) is 0. The third-order valence-corrected chi connectivity index (χ3v) is 10.0. The summed E-state index contributed by atoms with van der Waals surface area (Å²) in [6, 6.07) is 67.6. The standard InChI is InChI=1S/C48H31NO/c1-3-13-32(14-4-1)38-30-27-36(31-42(38)33-15-5-2-6-16-33)49(44-22-12-24-46-48(44)41-20-9-10-23-45(41)50-46)43-21-11-18-35-26-28-39-37-19-8-7-17-34(37)25-29-40(39)47(35)43/h1-31H. The molecule has 0 bridgehead atoms. The van der Waals surface area contributed by atoms with Crippen molar-refractivity contribution < 1.29 is 4.42 Å². The van der Waals surface area contributed by atoms with Crippen molar-refractivity contribution in [3.05, 3.63) is 188 Å². The van der Waals surface area contributed by atoms with Crippen LogP contribution in [0.15, 0.2) is 192 Å². The lowest BCUT2D eigenvalue weighted by Crippen LogP contribution is -2.11. The lowest BCUT2D eigenvalue weighted by molar-refractivity contribution is 0.669. The molecular weight excluding hydrogens is 607 g/mol. The van der Waals surface area contributed by atoms with Gasteiger partial charge in [-0.15, -0.1) is 0 Å². The number of fused-ring (bicyclic) bond motifs is 8. The van der Waals surface area contributed by atoms with E-state index in [1.54, 1.807) is 0 Å². The second-order valence-electron chi connectivity index (χ2n) is 12.9. The molecule has 2 nitrogen and oxygen atoms in total. The van der Waals surface area contributed by atoms with Gasteiger partial charge in [-0.3, -0.25) is 0 Å². The summed E-state index contributed by atoms with van der Waals surface area (Å²) in [5.41, 5.74) is 9.76. The first-order valence-electron chi connectivity index (χ1n) is 17.1. The van der Waals surface area contributed by atoms with Crippen molar-refractivity contribution >= 4 is 71.3 Å². The summed E-state index contributed by atoms with van der Waals surface area (Å²) in [5, 5.41) is 9.59. The highest BCUT2D eigenvalue weighted by Crippen LogP contribution is 2.48. The lowest BCUT2D eigenvalue weighted by atomic mass is 9.93. The highest BCUT2D eigenvalue weighted by Gasteiger charge is 2.23. The number of hydrogen-bond donors (Lipinski definition) is 0. The first-order chi connectivity index (χ1) is 24.8. The molecule has 234 valence electrons. The zero-order chi connectivity index (χ0) is 33.0. The average Bonchev–Trinajstić information content (AvgIpc) is 3.58. The molecular formula is C48H31NO. The molecule has 0 aliphatic heterocycles. The molecule has 0 aliphatic carbocycles. The fourth-order valence-electron chi connectivity index (χ4n) is 7.79.